The molecule has 212 valence electrons. The van der Waals surface area contributed by atoms with Crippen LogP contribution in [0.4, 0.5) is 0 Å². The van der Waals surface area contributed by atoms with Gasteiger partial charge < -0.3 is 19.9 Å². The molecule has 3 saturated heterocycles. The third kappa shape index (κ3) is 5.49. The zero-order valence-electron chi connectivity index (χ0n) is 23.6. The number of H-pyrrole nitrogens is 1. The predicted octanol–water partition coefficient (Wildman–Crippen LogP) is 5.02. The minimum absolute atomic E-state index is 0.0926. The number of carbonyl (C=O) groups is 2. The number of amides is 2. The van der Waals surface area contributed by atoms with Crippen molar-refractivity contribution < 1.29 is 14.3 Å². The van der Waals surface area contributed by atoms with Crippen LogP contribution in [0.3, 0.4) is 0 Å². The fraction of sp³-hybridized carbons (Fsp3) is 0.515. The van der Waals surface area contributed by atoms with Gasteiger partial charge in [-0.2, -0.15) is 0 Å². The first kappa shape index (κ1) is 26.9. The van der Waals surface area contributed by atoms with E-state index in [1.165, 1.54) is 44.3 Å². The van der Waals surface area contributed by atoms with E-state index in [2.05, 4.69) is 20.1 Å². The molecule has 2 amide bonds. The zero-order chi connectivity index (χ0) is 27.5. The van der Waals surface area contributed by atoms with Crippen molar-refractivity contribution in [3.05, 3.63) is 65.9 Å². The molecule has 0 bridgehead atoms. The van der Waals surface area contributed by atoms with Crippen LogP contribution in [0.2, 0.25) is 0 Å². The molecule has 0 unspecified atom stereocenters. The summed E-state index contributed by atoms with van der Waals surface area (Å²) in [6.45, 7) is 3.84. The van der Waals surface area contributed by atoms with Gasteiger partial charge in [0.1, 0.15) is 5.75 Å². The third-order valence-corrected chi connectivity index (χ3v) is 9.55. The second kappa shape index (κ2) is 12.0. The number of nitrogens with one attached hydrogen (secondary N) is 2. The highest BCUT2D eigenvalue weighted by Crippen LogP contribution is 2.43. The van der Waals surface area contributed by atoms with Crippen LogP contribution in [0.5, 0.6) is 5.75 Å². The first-order valence-corrected chi connectivity index (χ1v) is 15.1. The Morgan fingerprint density at radius 3 is 2.73 bits per heavy atom. The van der Waals surface area contributed by atoms with E-state index in [1.807, 2.05) is 54.7 Å². The Morgan fingerprint density at radius 2 is 1.90 bits per heavy atom. The van der Waals surface area contributed by atoms with Crippen molar-refractivity contribution in [2.75, 3.05) is 33.3 Å². The molecular formula is C33H42N4O3. The lowest BCUT2D eigenvalue weighted by Crippen LogP contribution is -2.65. The van der Waals surface area contributed by atoms with Crippen LogP contribution in [0.1, 0.15) is 60.9 Å². The van der Waals surface area contributed by atoms with E-state index >= 15 is 0 Å². The number of hydrogen-bond donors (Lipinski definition) is 2. The average Bonchev–Trinajstić information content (AvgIpc) is 3.40. The summed E-state index contributed by atoms with van der Waals surface area (Å²) < 4.78 is 5.37. The summed E-state index contributed by atoms with van der Waals surface area (Å²) in [6, 6.07) is 16.6. The summed E-state index contributed by atoms with van der Waals surface area (Å²) >= 11 is 0. The molecule has 0 spiro atoms. The fourth-order valence-electron chi connectivity index (χ4n) is 7.73. The van der Waals surface area contributed by atoms with Gasteiger partial charge in [0, 0.05) is 54.3 Å². The summed E-state index contributed by atoms with van der Waals surface area (Å²) in [5.74, 6) is 2.15. The molecule has 40 heavy (non-hydrogen) atoms. The lowest BCUT2D eigenvalue weighted by Gasteiger charge is -2.57. The number of piperidine rings is 3. The molecule has 1 aromatic heterocycles. The van der Waals surface area contributed by atoms with Gasteiger partial charge in [-0.15, -0.1) is 0 Å². The summed E-state index contributed by atoms with van der Waals surface area (Å²) in [4.78, 5) is 34.8. The Hall–Kier alpha value is -3.32. The van der Waals surface area contributed by atoms with E-state index in [1.54, 1.807) is 7.11 Å². The molecule has 3 aliphatic rings. The second-order valence-electron chi connectivity index (χ2n) is 11.8. The van der Waals surface area contributed by atoms with Crippen molar-refractivity contribution in [1.29, 1.82) is 0 Å². The van der Waals surface area contributed by atoms with Gasteiger partial charge in [0.25, 0.3) is 5.91 Å². The van der Waals surface area contributed by atoms with Crippen LogP contribution in [-0.2, 0) is 11.2 Å². The molecule has 2 N–H and O–H groups in total. The normalized spacial score (nSPS) is 24.5. The minimum atomic E-state index is 0.0926. The highest BCUT2D eigenvalue weighted by Gasteiger charge is 2.49. The number of ether oxygens (including phenoxy) is 1. The molecule has 2 aromatic carbocycles. The Labute approximate surface area is 237 Å². The van der Waals surface area contributed by atoms with Crippen molar-refractivity contribution in [2.24, 2.45) is 11.8 Å². The van der Waals surface area contributed by atoms with Crippen molar-refractivity contribution in [1.82, 2.24) is 20.1 Å². The number of rotatable bonds is 9. The average molecular weight is 543 g/mol. The summed E-state index contributed by atoms with van der Waals surface area (Å²) in [7, 11) is 1.68. The number of likely N-dealkylation sites (tertiary alicyclic amines) is 1. The Morgan fingerprint density at radius 1 is 1.07 bits per heavy atom. The number of benzene rings is 2. The van der Waals surface area contributed by atoms with Crippen molar-refractivity contribution >= 4 is 22.7 Å². The zero-order valence-corrected chi connectivity index (χ0v) is 23.6. The lowest BCUT2D eigenvalue weighted by atomic mass is 9.69. The first-order valence-electron chi connectivity index (χ1n) is 15.1. The summed E-state index contributed by atoms with van der Waals surface area (Å²) in [5.41, 5.74) is 3.03. The molecule has 4 heterocycles. The lowest BCUT2D eigenvalue weighted by molar-refractivity contribution is -0.121. The fourth-order valence-corrected chi connectivity index (χ4v) is 7.73. The van der Waals surface area contributed by atoms with E-state index in [-0.39, 0.29) is 17.9 Å². The Kier molecular flexibility index (Phi) is 8.10. The number of methoxy groups -OCH3 is 1. The van der Waals surface area contributed by atoms with E-state index < -0.39 is 0 Å². The minimum Gasteiger partial charge on any atom is -0.497 e. The molecule has 6 rings (SSSR count). The maximum Gasteiger partial charge on any atom is 0.254 e. The van der Waals surface area contributed by atoms with Crippen LogP contribution in [0.25, 0.3) is 10.9 Å². The van der Waals surface area contributed by atoms with Gasteiger partial charge in [0.2, 0.25) is 5.91 Å². The summed E-state index contributed by atoms with van der Waals surface area (Å²) in [6.07, 6.45) is 9.80. The van der Waals surface area contributed by atoms with Gasteiger partial charge in [0.05, 0.1) is 7.11 Å². The molecule has 3 fully saturated rings. The second-order valence-corrected chi connectivity index (χ2v) is 11.8. The van der Waals surface area contributed by atoms with E-state index in [9.17, 15) is 9.59 Å². The van der Waals surface area contributed by atoms with Crippen molar-refractivity contribution in [2.45, 2.75) is 63.5 Å². The van der Waals surface area contributed by atoms with Gasteiger partial charge >= 0.3 is 0 Å². The first-order chi connectivity index (χ1) is 19.6. The number of hydrogen-bond acceptors (Lipinski definition) is 4. The van der Waals surface area contributed by atoms with Crippen molar-refractivity contribution in [3.8, 4) is 5.75 Å². The predicted molar refractivity (Wildman–Crippen MR) is 157 cm³/mol. The molecule has 3 aromatic rings. The molecular weight excluding hydrogens is 500 g/mol. The molecule has 0 radical (unpaired) electrons. The van der Waals surface area contributed by atoms with E-state index in [0.29, 0.717) is 30.8 Å². The summed E-state index contributed by atoms with van der Waals surface area (Å²) in [5, 5.41) is 4.26. The molecule has 4 atom stereocenters. The van der Waals surface area contributed by atoms with Crippen LogP contribution in [0, 0.1) is 11.8 Å². The molecule has 7 heteroatoms. The number of carbonyl (C=O) groups excluding carboxylic acids is 2. The van der Waals surface area contributed by atoms with Gasteiger partial charge in [-0.3, -0.25) is 14.5 Å². The number of fused-ring (bicyclic) bond motifs is 1. The van der Waals surface area contributed by atoms with E-state index in [4.69, 9.17) is 4.74 Å². The largest absolute Gasteiger partial charge is 0.497 e. The Bertz CT molecular complexity index is 1320. The van der Waals surface area contributed by atoms with Crippen LogP contribution >= 0.6 is 0 Å². The van der Waals surface area contributed by atoms with Crippen molar-refractivity contribution in [3.63, 3.8) is 0 Å². The Balaban J connectivity index is 1.07. The maximum absolute atomic E-state index is 13.8. The van der Waals surface area contributed by atoms with Crippen LogP contribution in [0.15, 0.2) is 54.7 Å². The van der Waals surface area contributed by atoms with E-state index in [0.717, 1.165) is 48.0 Å². The number of aromatic amines is 1. The number of aromatic nitrogens is 1. The third-order valence-electron chi connectivity index (χ3n) is 9.55. The molecule has 0 saturated carbocycles. The molecule has 3 aliphatic heterocycles. The standard InChI is InChI=1S/C33H42N4O3/c1-40-26-14-15-29-28(20-26)24(21-35-29)16-17-34-31(38)13-5-12-30-27-11-7-19-36-18-6-10-25(32(27)36)22-37(30)33(39)23-8-3-2-4-9-23/h2-4,8-9,14-15,20-21,25,27,30,32,35H,5-7,10-13,16-19,22H2,1H3,(H,34,38)/t25-,27+,30+,32-/m0/s1. The van der Waals surface area contributed by atoms with Gasteiger partial charge in [0.15, 0.2) is 0 Å². The smallest absolute Gasteiger partial charge is 0.254 e. The van der Waals surface area contributed by atoms with Gasteiger partial charge in [-0.05, 0) is 106 Å². The highest BCUT2D eigenvalue weighted by molar-refractivity contribution is 5.94. The monoisotopic (exact) mass is 542 g/mol. The highest BCUT2D eigenvalue weighted by atomic mass is 16.5. The maximum atomic E-state index is 13.8. The SMILES string of the molecule is COc1ccc2[nH]cc(CCNC(=O)CCC[C@@H]3[C@H]4CCCN5CCC[C@@H](CN3C(=O)c3ccccc3)[C@@H]45)c2c1. The quantitative estimate of drug-likeness (QED) is 0.398. The molecule has 0 aliphatic carbocycles. The van der Waals surface area contributed by atoms with Crippen LogP contribution in [-0.4, -0.2) is 72.0 Å². The molecule has 7 nitrogen and oxygen atoms in total. The van der Waals surface area contributed by atoms with Gasteiger partial charge in [-0.1, -0.05) is 18.2 Å². The van der Waals surface area contributed by atoms with Gasteiger partial charge in [-0.25, -0.2) is 0 Å². The van der Waals surface area contributed by atoms with Crippen LogP contribution < -0.4 is 10.1 Å². The topological polar surface area (TPSA) is 77.7 Å². The number of nitrogens with zero attached hydrogens (tertiary/aromatic N) is 2.